The molecular formula is C23H45NO6. The van der Waals surface area contributed by atoms with E-state index < -0.39 is 0 Å². The van der Waals surface area contributed by atoms with Crippen LogP contribution in [-0.2, 0) is 28.5 Å². The van der Waals surface area contributed by atoms with Crippen molar-refractivity contribution in [2.24, 2.45) is 11.8 Å². The molecule has 0 radical (unpaired) electrons. The lowest BCUT2D eigenvalue weighted by Crippen LogP contribution is -2.33. The van der Waals surface area contributed by atoms with Crippen molar-refractivity contribution < 1.29 is 28.5 Å². The van der Waals surface area contributed by atoms with E-state index >= 15 is 0 Å². The van der Waals surface area contributed by atoms with Crippen LogP contribution in [0.15, 0.2) is 0 Å². The molecule has 0 aliphatic heterocycles. The number of hydrogen-bond acceptors (Lipinski definition) is 7. The van der Waals surface area contributed by atoms with Gasteiger partial charge in [-0.25, -0.2) is 0 Å². The highest BCUT2D eigenvalue weighted by atomic mass is 16.6. The Balaban J connectivity index is 0.000000579. The normalized spacial score (nSPS) is 18.9. The zero-order valence-corrected chi connectivity index (χ0v) is 19.8. The molecular weight excluding hydrogens is 386 g/mol. The van der Waals surface area contributed by atoms with Crippen LogP contribution in [0.2, 0.25) is 0 Å². The third kappa shape index (κ3) is 16.9. The lowest BCUT2D eigenvalue weighted by atomic mass is 9.80. The average molecular weight is 432 g/mol. The molecule has 1 saturated carbocycles. The molecule has 0 bridgehead atoms. The molecule has 30 heavy (non-hydrogen) atoms. The van der Waals surface area contributed by atoms with Crippen molar-refractivity contribution >= 4 is 12.1 Å². The first-order valence-corrected chi connectivity index (χ1v) is 11.4. The Hall–Kier alpha value is -0.860. The van der Waals surface area contributed by atoms with Gasteiger partial charge in [0.05, 0.1) is 52.4 Å². The number of hydrogen-bond donors (Lipinski definition) is 1. The quantitative estimate of drug-likeness (QED) is 0.297. The molecule has 1 aliphatic rings. The van der Waals surface area contributed by atoms with Crippen LogP contribution in [0.25, 0.3) is 0 Å². The topological polar surface area (TPSA) is 83.1 Å². The fourth-order valence-electron chi connectivity index (χ4n) is 3.15. The summed E-state index contributed by atoms with van der Waals surface area (Å²) in [7, 11) is 2.01. The van der Waals surface area contributed by atoms with Gasteiger partial charge in [-0.2, -0.15) is 0 Å². The van der Waals surface area contributed by atoms with Gasteiger partial charge >= 0.3 is 0 Å². The standard InChI is InChI=1S/C12H24O5.C11H21NO/c1-12(2)17-11-10-16-9-8-15-7-6-14-5-3-4-13;1-8(2)11(13)9-4-6-10(12-3)7-5-9/h4,12H,3,5-11H2,1-2H3;8-10,12H,4-7H2,1-3H3. The van der Waals surface area contributed by atoms with Gasteiger partial charge in [-0.1, -0.05) is 13.8 Å². The summed E-state index contributed by atoms with van der Waals surface area (Å²) in [6, 6.07) is 0.649. The molecule has 1 N–H and O–H groups in total. The largest absolute Gasteiger partial charge is 0.379 e. The maximum atomic E-state index is 11.7. The van der Waals surface area contributed by atoms with Gasteiger partial charge in [0.25, 0.3) is 0 Å². The number of ketones is 1. The second kappa shape index (κ2) is 20.1. The van der Waals surface area contributed by atoms with Crippen LogP contribution in [0.5, 0.6) is 0 Å². The van der Waals surface area contributed by atoms with Crippen LogP contribution in [0.3, 0.4) is 0 Å². The van der Waals surface area contributed by atoms with Gasteiger partial charge in [0.15, 0.2) is 0 Å². The van der Waals surface area contributed by atoms with Gasteiger partial charge in [0.2, 0.25) is 0 Å². The highest BCUT2D eigenvalue weighted by Crippen LogP contribution is 2.26. The molecule has 0 atom stereocenters. The minimum absolute atomic E-state index is 0.219. The van der Waals surface area contributed by atoms with Crippen molar-refractivity contribution in [2.75, 3.05) is 53.3 Å². The monoisotopic (exact) mass is 431 g/mol. The molecule has 0 spiro atoms. The summed E-state index contributed by atoms with van der Waals surface area (Å²) in [6.07, 6.45) is 6.04. The number of carbonyl (C=O) groups excluding carboxylic acids is 2. The van der Waals surface area contributed by atoms with Gasteiger partial charge in [-0.3, -0.25) is 4.79 Å². The average Bonchev–Trinajstić information content (AvgIpc) is 2.74. The van der Waals surface area contributed by atoms with E-state index in [1.807, 2.05) is 34.7 Å². The van der Waals surface area contributed by atoms with E-state index in [0.29, 0.717) is 70.4 Å². The minimum Gasteiger partial charge on any atom is -0.379 e. The Labute approximate surface area is 183 Å². The third-order valence-corrected chi connectivity index (χ3v) is 4.91. The Bertz CT molecular complexity index is 408. The number of carbonyl (C=O) groups is 2. The van der Waals surface area contributed by atoms with Crippen LogP contribution in [0, 0.1) is 11.8 Å². The van der Waals surface area contributed by atoms with Crippen LogP contribution in [0.1, 0.15) is 59.8 Å². The minimum atomic E-state index is 0.219. The highest BCUT2D eigenvalue weighted by Gasteiger charge is 2.26. The predicted molar refractivity (Wildman–Crippen MR) is 119 cm³/mol. The van der Waals surface area contributed by atoms with E-state index in [-0.39, 0.29) is 12.0 Å². The lowest BCUT2D eigenvalue weighted by Gasteiger charge is -2.28. The van der Waals surface area contributed by atoms with Crippen molar-refractivity contribution in [1.82, 2.24) is 5.32 Å². The number of rotatable bonds is 16. The molecule has 0 aromatic rings. The molecule has 1 fully saturated rings. The van der Waals surface area contributed by atoms with Crippen molar-refractivity contribution in [3.8, 4) is 0 Å². The fourth-order valence-corrected chi connectivity index (χ4v) is 3.15. The van der Waals surface area contributed by atoms with Crippen LogP contribution >= 0.6 is 0 Å². The summed E-state index contributed by atoms with van der Waals surface area (Å²) in [5.74, 6) is 1.04. The fraction of sp³-hybridized carbons (Fsp3) is 0.913. The number of aldehydes is 1. The Morgan fingerprint density at radius 2 is 1.37 bits per heavy atom. The second-order valence-electron chi connectivity index (χ2n) is 8.11. The maximum absolute atomic E-state index is 11.7. The molecule has 0 unspecified atom stereocenters. The van der Waals surface area contributed by atoms with Gasteiger partial charge < -0.3 is 29.1 Å². The first-order valence-electron chi connectivity index (χ1n) is 11.4. The molecule has 0 aromatic heterocycles. The summed E-state index contributed by atoms with van der Waals surface area (Å²) in [6.45, 7) is 11.9. The number of Topliss-reactive ketones (excluding diaryl/α,β-unsaturated/α-hetero) is 1. The van der Waals surface area contributed by atoms with E-state index in [4.69, 9.17) is 18.9 Å². The van der Waals surface area contributed by atoms with Gasteiger partial charge in [0, 0.05) is 24.3 Å². The molecule has 178 valence electrons. The van der Waals surface area contributed by atoms with Crippen molar-refractivity contribution in [3.05, 3.63) is 0 Å². The zero-order valence-electron chi connectivity index (χ0n) is 19.8. The molecule has 0 saturated heterocycles. The Morgan fingerprint density at radius 3 is 1.80 bits per heavy atom. The summed E-state index contributed by atoms with van der Waals surface area (Å²) in [4.78, 5) is 21.6. The third-order valence-electron chi connectivity index (χ3n) is 4.91. The summed E-state index contributed by atoms with van der Waals surface area (Å²) in [5.41, 5.74) is 0. The summed E-state index contributed by atoms with van der Waals surface area (Å²) in [5, 5.41) is 3.28. The predicted octanol–water partition coefficient (Wildman–Crippen LogP) is 3.04. The summed E-state index contributed by atoms with van der Waals surface area (Å²) < 4.78 is 21.0. The molecule has 1 rings (SSSR count). The first kappa shape index (κ1) is 29.1. The van der Waals surface area contributed by atoms with E-state index in [1.54, 1.807) is 0 Å². The first-order chi connectivity index (χ1) is 14.4. The smallest absolute Gasteiger partial charge is 0.138 e. The molecule has 0 aromatic carbocycles. The molecule has 7 heteroatoms. The van der Waals surface area contributed by atoms with E-state index in [9.17, 15) is 9.59 Å². The highest BCUT2D eigenvalue weighted by molar-refractivity contribution is 5.82. The van der Waals surface area contributed by atoms with Crippen molar-refractivity contribution in [3.63, 3.8) is 0 Å². The Kier molecular flexibility index (Phi) is 19.5. The molecule has 0 amide bonds. The zero-order chi connectivity index (χ0) is 22.6. The summed E-state index contributed by atoms with van der Waals surface area (Å²) >= 11 is 0. The van der Waals surface area contributed by atoms with E-state index in [2.05, 4.69) is 5.32 Å². The molecule has 0 heterocycles. The maximum Gasteiger partial charge on any atom is 0.138 e. The van der Waals surface area contributed by atoms with Gasteiger partial charge in [0.1, 0.15) is 12.1 Å². The second-order valence-corrected chi connectivity index (χ2v) is 8.11. The van der Waals surface area contributed by atoms with E-state index in [0.717, 1.165) is 19.1 Å². The lowest BCUT2D eigenvalue weighted by molar-refractivity contribution is -0.126. The number of ether oxygens (including phenoxy) is 4. The number of nitrogens with one attached hydrogen (secondary N) is 1. The SMILES string of the molecule is CC(C)OCCOCCOCCOCCC=O.CNC1CCC(C(=O)C(C)C)CC1. The Morgan fingerprint density at radius 1 is 0.867 bits per heavy atom. The molecule has 7 nitrogen and oxygen atoms in total. The van der Waals surface area contributed by atoms with Crippen LogP contribution < -0.4 is 5.32 Å². The molecule has 1 aliphatic carbocycles. The van der Waals surface area contributed by atoms with Crippen LogP contribution in [0.4, 0.5) is 0 Å². The van der Waals surface area contributed by atoms with Crippen LogP contribution in [-0.4, -0.2) is 77.5 Å². The van der Waals surface area contributed by atoms with Crippen molar-refractivity contribution in [1.29, 1.82) is 0 Å². The van der Waals surface area contributed by atoms with E-state index in [1.165, 1.54) is 12.8 Å². The van der Waals surface area contributed by atoms with Gasteiger partial charge in [-0.05, 0) is 46.6 Å². The van der Waals surface area contributed by atoms with Crippen molar-refractivity contribution in [2.45, 2.75) is 71.9 Å². The van der Waals surface area contributed by atoms with Gasteiger partial charge in [-0.15, -0.1) is 0 Å².